The molecule has 0 aliphatic carbocycles. The molecule has 2 heteroatoms. The molecule has 1 unspecified atom stereocenters. The van der Waals surface area contributed by atoms with Crippen molar-refractivity contribution in [1.29, 1.82) is 0 Å². The zero-order valence-electron chi connectivity index (χ0n) is 9.26. The molecule has 0 aromatic rings. The van der Waals surface area contributed by atoms with E-state index in [0.717, 1.165) is 19.3 Å². The van der Waals surface area contributed by atoms with E-state index in [1.165, 1.54) is 6.92 Å². The average Bonchev–Trinajstić information content (AvgIpc) is 2.00. The first-order chi connectivity index (χ1) is 5.89. The Morgan fingerprint density at radius 3 is 2.38 bits per heavy atom. The summed E-state index contributed by atoms with van der Waals surface area (Å²) in [4.78, 5) is 11.3. The van der Waals surface area contributed by atoms with Crippen LogP contribution in [-0.2, 0) is 4.79 Å². The minimum absolute atomic E-state index is 0.0406. The predicted molar refractivity (Wildman–Crippen MR) is 54.6 cm³/mol. The van der Waals surface area contributed by atoms with E-state index in [9.17, 15) is 4.79 Å². The van der Waals surface area contributed by atoms with E-state index in [1.807, 2.05) is 0 Å². The molecule has 0 radical (unpaired) electrons. The van der Waals surface area contributed by atoms with E-state index >= 15 is 0 Å². The Morgan fingerprint density at radius 2 is 2.00 bits per heavy atom. The van der Waals surface area contributed by atoms with E-state index in [0.29, 0.717) is 6.42 Å². The highest BCUT2D eigenvalue weighted by atomic mass is 16.3. The van der Waals surface area contributed by atoms with Gasteiger partial charge in [0.15, 0.2) is 5.78 Å². The summed E-state index contributed by atoms with van der Waals surface area (Å²) in [5.74, 6) is -0.0406. The quantitative estimate of drug-likeness (QED) is 0.692. The maximum Gasteiger partial charge on any atom is 0.161 e. The molecule has 0 spiro atoms. The topological polar surface area (TPSA) is 37.3 Å². The van der Waals surface area contributed by atoms with Crippen molar-refractivity contribution < 1.29 is 9.90 Å². The highest BCUT2D eigenvalue weighted by molar-refractivity contribution is 5.82. The third-order valence-electron chi connectivity index (χ3n) is 2.33. The number of aliphatic hydroxyl groups is 1. The smallest absolute Gasteiger partial charge is 0.161 e. The van der Waals surface area contributed by atoms with E-state index in [1.54, 1.807) is 0 Å². The Morgan fingerprint density at radius 1 is 1.46 bits per heavy atom. The molecule has 0 rings (SSSR count). The first-order valence-corrected chi connectivity index (χ1v) is 5.10. The molecule has 0 heterocycles. The second-order valence-corrected chi connectivity index (χ2v) is 4.59. The molecule has 0 saturated carbocycles. The van der Waals surface area contributed by atoms with Crippen LogP contribution in [0.3, 0.4) is 0 Å². The third kappa shape index (κ3) is 5.81. The molecule has 78 valence electrons. The van der Waals surface area contributed by atoms with Gasteiger partial charge in [-0.05, 0) is 18.8 Å². The fourth-order valence-electron chi connectivity index (χ4n) is 1.36. The highest BCUT2D eigenvalue weighted by Gasteiger charge is 2.23. The number of aliphatic hydroxyl groups excluding tert-OH is 1. The third-order valence-corrected chi connectivity index (χ3v) is 2.33. The summed E-state index contributed by atoms with van der Waals surface area (Å²) in [6.07, 6.45) is 3.06. The van der Waals surface area contributed by atoms with Crippen LogP contribution < -0.4 is 0 Å². The molecule has 0 aliphatic rings. The normalized spacial score (nSPS) is 14.2. The summed E-state index contributed by atoms with van der Waals surface area (Å²) in [6.45, 7) is 7.86. The number of carbonyl (C=O) groups excluding carboxylic acids is 1. The molecular formula is C11H22O2. The maximum atomic E-state index is 11.3. The zero-order chi connectivity index (χ0) is 10.5. The van der Waals surface area contributed by atoms with Crippen molar-refractivity contribution in [3.05, 3.63) is 0 Å². The van der Waals surface area contributed by atoms with Crippen LogP contribution in [0.2, 0.25) is 0 Å². The van der Waals surface area contributed by atoms with E-state index < -0.39 is 6.10 Å². The molecule has 0 aliphatic heterocycles. The standard InChI is InChI=1S/C11H22O2/c1-5-6-7-11(3,4)8-10(13)9(2)12/h9,12H,5-8H2,1-4H3. The van der Waals surface area contributed by atoms with Gasteiger partial charge in [-0.1, -0.05) is 33.6 Å². The molecule has 1 atom stereocenters. The lowest BCUT2D eigenvalue weighted by Gasteiger charge is -2.24. The molecule has 1 N–H and O–H groups in total. The van der Waals surface area contributed by atoms with E-state index in [2.05, 4.69) is 20.8 Å². The van der Waals surface area contributed by atoms with Crippen LogP contribution in [0, 0.1) is 5.41 Å². The summed E-state index contributed by atoms with van der Waals surface area (Å²) >= 11 is 0. The van der Waals surface area contributed by atoms with Gasteiger partial charge in [0, 0.05) is 6.42 Å². The Hall–Kier alpha value is -0.370. The number of hydrogen-bond acceptors (Lipinski definition) is 2. The van der Waals surface area contributed by atoms with Gasteiger partial charge in [-0.3, -0.25) is 4.79 Å². The molecule has 13 heavy (non-hydrogen) atoms. The van der Waals surface area contributed by atoms with Crippen LogP contribution in [0.5, 0.6) is 0 Å². The molecular weight excluding hydrogens is 164 g/mol. The largest absolute Gasteiger partial charge is 0.386 e. The minimum atomic E-state index is -0.805. The molecule has 0 fully saturated rings. The van der Waals surface area contributed by atoms with Crippen LogP contribution in [0.15, 0.2) is 0 Å². The predicted octanol–water partition coefficient (Wildman–Crippen LogP) is 2.54. The lowest BCUT2D eigenvalue weighted by Crippen LogP contribution is -2.24. The number of carbonyl (C=O) groups is 1. The summed E-state index contributed by atoms with van der Waals surface area (Å²) in [5.41, 5.74) is 0.0457. The molecule has 0 aromatic carbocycles. The van der Waals surface area contributed by atoms with Crippen molar-refractivity contribution in [2.24, 2.45) is 5.41 Å². The molecule has 0 amide bonds. The summed E-state index contributed by atoms with van der Waals surface area (Å²) in [6, 6.07) is 0. The van der Waals surface area contributed by atoms with Crippen LogP contribution in [-0.4, -0.2) is 17.0 Å². The van der Waals surface area contributed by atoms with Crippen LogP contribution >= 0.6 is 0 Å². The van der Waals surface area contributed by atoms with Crippen molar-refractivity contribution in [3.63, 3.8) is 0 Å². The number of hydrogen-bond donors (Lipinski definition) is 1. The minimum Gasteiger partial charge on any atom is -0.386 e. The van der Waals surface area contributed by atoms with Gasteiger partial charge in [0.25, 0.3) is 0 Å². The van der Waals surface area contributed by atoms with Gasteiger partial charge in [0.05, 0.1) is 0 Å². The summed E-state index contributed by atoms with van der Waals surface area (Å²) in [5, 5.41) is 9.06. The first-order valence-electron chi connectivity index (χ1n) is 5.10. The molecule has 0 bridgehead atoms. The first kappa shape index (κ1) is 12.6. The van der Waals surface area contributed by atoms with Gasteiger partial charge < -0.3 is 5.11 Å². The van der Waals surface area contributed by atoms with Crippen molar-refractivity contribution in [1.82, 2.24) is 0 Å². The van der Waals surface area contributed by atoms with Gasteiger partial charge in [-0.15, -0.1) is 0 Å². The van der Waals surface area contributed by atoms with Crippen molar-refractivity contribution >= 4 is 5.78 Å². The van der Waals surface area contributed by atoms with Crippen LogP contribution in [0.1, 0.15) is 53.4 Å². The number of ketones is 1. The molecule has 0 saturated heterocycles. The Bertz CT molecular complexity index is 159. The number of Topliss-reactive ketones (excluding diaryl/α,β-unsaturated/α-hetero) is 1. The van der Waals surface area contributed by atoms with Crippen molar-refractivity contribution in [3.8, 4) is 0 Å². The summed E-state index contributed by atoms with van der Waals surface area (Å²) in [7, 11) is 0. The SMILES string of the molecule is CCCCC(C)(C)CC(=O)C(C)O. The zero-order valence-corrected chi connectivity index (χ0v) is 9.26. The second kappa shape index (κ2) is 5.38. The molecule has 0 aromatic heterocycles. The van der Waals surface area contributed by atoms with Gasteiger partial charge in [0.1, 0.15) is 6.10 Å². The second-order valence-electron chi connectivity index (χ2n) is 4.59. The summed E-state index contributed by atoms with van der Waals surface area (Å²) < 4.78 is 0. The van der Waals surface area contributed by atoms with Gasteiger partial charge in [-0.2, -0.15) is 0 Å². The Balaban J connectivity index is 3.93. The fourth-order valence-corrected chi connectivity index (χ4v) is 1.36. The molecule has 2 nitrogen and oxygen atoms in total. The van der Waals surface area contributed by atoms with Crippen molar-refractivity contribution in [2.75, 3.05) is 0 Å². The monoisotopic (exact) mass is 186 g/mol. The average molecular weight is 186 g/mol. The number of rotatable bonds is 6. The Kier molecular flexibility index (Phi) is 5.23. The van der Waals surface area contributed by atoms with Gasteiger partial charge >= 0.3 is 0 Å². The Labute approximate surface area is 81.3 Å². The van der Waals surface area contributed by atoms with Crippen LogP contribution in [0.25, 0.3) is 0 Å². The van der Waals surface area contributed by atoms with Crippen molar-refractivity contribution in [2.45, 2.75) is 59.5 Å². The lowest BCUT2D eigenvalue weighted by molar-refractivity contribution is -0.128. The van der Waals surface area contributed by atoms with Gasteiger partial charge in [-0.25, -0.2) is 0 Å². The van der Waals surface area contributed by atoms with E-state index in [-0.39, 0.29) is 11.2 Å². The van der Waals surface area contributed by atoms with Gasteiger partial charge in [0.2, 0.25) is 0 Å². The van der Waals surface area contributed by atoms with Crippen LogP contribution in [0.4, 0.5) is 0 Å². The van der Waals surface area contributed by atoms with E-state index in [4.69, 9.17) is 5.11 Å². The maximum absolute atomic E-state index is 11.3. The lowest BCUT2D eigenvalue weighted by atomic mass is 9.81. The fraction of sp³-hybridized carbons (Fsp3) is 0.909. The highest BCUT2D eigenvalue weighted by Crippen LogP contribution is 2.28. The number of unbranched alkanes of at least 4 members (excludes halogenated alkanes) is 1.